The Labute approximate surface area is 200 Å². The zero-order valence-electron chi connectivity index (χ0n) is 19.9. The van der Waals surface area contributed by atoms with Crippen molar-refractivity contribution < 1.29 is 4.74 Å². The van der Waals surface area contributed by atoms with Crippen LogP contribution >= 0.6 is 0 Å². The van der Waals surface area contributed by atoms with Crippen LogP contribution in [0.25, 0.3) is 0 Å². The second-order valence-corrected chi connectivity index (χ2v) is 10.5. The zero-order chi connectivity index (χ0) is 23.2. The summed E-state index contributed by atoms with van der Waals surface area (Å²) in [5.41, 5.74) is 4.74. The molecule has 1 aromatic carbocycles. The quantitative estimate of drug-likeness (QED) is 0.542. The van der Waals surface area contributed by atoms with Gasteiger partial charge in [0.25, 0.3) is 0 Å². The van der Waals surface area contributed by atoms with Gasteiger partial charge in [-0.2, -0.15) is 4.98 Å². The lowest BCUT2D eigenvalue weighted by molar-refractivity contribution is 0.00991. The van der Waals surface area contributed by atoms with Crippen LogP contribution in [0.15, 0.2) is 48.9 Å². The Kier molecular flexibility index (Phi) is 5.25. The predicted octanol–water partition coefficient (Wildman–Crippen LogP) is 4.48. The summed E-state index contributed by atoms with van der Waals surface area (Å²) in [7, 11) is 0. The molecule has 2 N–H and O–H groups in total. The van der Waals surface area contributed by atoms with E-state index in [1.807, 2.05) is 0 Å². The minimum absolute atomic E-state index is 0.00710. The number of nitrogens with one attached hydrogen (secondary N) is 2. The van der Waals surface area contributed by atoms with Gasteiger partial charge in [-0.15, -0.1) is 0 Å². The minimum Gasteiger partial charge on any atom is -0.372 e. The standard InChI is InChI=1S/C27H32N6O/c1-18-8-9-22-21(12-18)24(31-19(2)23-13-28-10-11-29-23)33-25(32-22)30-16-27-14-26(15-27,17-34-27)20-6-4-3-5-7-20/h3-7,10-11,13,18-19H,8-9,12,14-17H2,1-2H3,(H2,30,31,32,33)/t18?,19-,26?,27?/m0/s1. The molecule has 2 bridgehead atoms. The van der Waals surface area contributed by atoms with E-state index < -0.39 is 0 Å². The number of ether oxygens (including phenoxy) is 1. The zero-order valence-corrected chi connectivity index (χ0v) is 19.9. The monoisotopic (exact) mass is 456 g/mol. The Hall–Kier alpha value is -3.06. The Morgan fingerprint density at radius 3 is 2.79 bits per heavy atom. The van der Waals surface area contributed by atoms with E-state index in [0.29, 0.717) is 11.9 Å². The summed E-state index contributed by atoms with van der Waals surface area (Å²) < 4.78 is 6.32. The van der Waals surface area contributed by atoms with E-state index >= 15 is 0 Å². The lowest BCUT2D eigenvalue weighted by atomic mass is 9.59. The molecule has 2 saturated heterocycles. The fourth-order valence-electron chi connectivity index (χ4n) is 5.97. The molecule has 3 aromatic rings. The molecule has 3 fully saturated rings. The second kappa shape index (κ2) is 8.31. The number of benzene rings is 1. The van der Waals surface area contributed by atoms with Crippen LogP contribution in [-0.4, -0.2) is 38.7 Å². The Morgan fingerprint density at radius 1 is 1.15 bits per heavy atom. The molecular weight excluding hydrogens is 424 g/mol. The largest absolute Gasteiger partial charge is 0.372 e. The summed E-state index contributed by atoms with van der Waals surface area (Å²) in [6, 6.07) is 10.8. The van der Waals surface area contributed by atoms with Gasteiger partial charge in [0.2, 0.25) is 5.95 Å². The number of anilines is 2. The van der Waals surface area contributed by atoms with Crippen molar-refractivity contribution in [1.29, 1.82) is 0 Å². The third-order valence-corrected chi connectivity index (χ3v) is 7.83. The number of fused-ring (bicyclic) bond motifs is 2. The van der Waals surface area contributed by atoms with Crippen LogP contribution in [0.1, 0.15) is 61.7 Å². The van der Waals surface area contributed by atoms with Gasteiger partial charge in [0.05, 0.1) is 35.8 Å². The molecule has 2 aliphatic carbocycles. The molecule has 7 rings (SSSR count). The molecule has 7 heteroatoms. The number of hydrogen-bond acceptors (Lipinski definition) is 7. The van der Waals surface area contributed by atoms with Crippen LogP contribution < -0.4 is 10.6 Å². The molecule has 176 valence electrons. The van der Waals surface area contributed by atoms with Crippen LogP contribution in [0.2, 0.25) is 0 Å². The van der Waals surface area contributed by atoms with Crippen molar-refractivity contribution in [3.05, 3.63) is 71.4 Å². The van der Waals surface area contributed by atoms with Crippen molar-refractivity contribution in [3.63, 3.8) is 0 Å². The lowest BCUT2D eigenvalue weighted by Gasteiger charge is -2.45. The van der Waals surface area contributed by atoms with Gasteiger partial charge >= 0.3 is 0 Å². The summed E-state index contributed by atoms with van der Waals surface area (Å²) in [6.45, 7) is 5.93. The first-order valence-corrected chi connectivity index (χ1v) is 12.4. The average molecular weight is 457 g/mol. The van der Waals surface area contributed by atoms with Crippen molar-refractivity contribution in [1.82, 2.24) is 19.9 Å². The SMILES string of the molecule is CC1CCc2nc(NCC34CC(c5ccccc5)(CO3)C4)nc(N[C@@H](C)c3cnccn3)c2C1. The smallest absolute Gasteiger partial charge is 0.224 e. The highest BCUT2D eigenvalue weighted by Crippen LogP contribution is 2.58. The Balaban J connectivity index is 1.20. The summed E-state index contributed by atoms with van der Waals surface area (Å²) in [6.07, 6.45) is 10.5. The molecule has 7 nitrogen and oxygen atoms in total. The first-order chi connectivity index (χ1) is 16.5. The maximum atomic E-state index is 6.32. The van der Waals surface area contributed by atoms with Crippen molar-refractivity contribution in [2.75, 3.05) is 23.8 Å². The predicted molar refractivity (Wildman–Crippen MR) is 132 cm³/mol. The third-order valence-electron chi connectivity index (χ3n) is 7.83. The highest BCUT2D eigenvalue weighted by molar-refractivity contribution is 5.53. The topological polar surface area (TPSA) is 84.9 Å². The number of hydrogen-bond donors (Lipinski definition) is 2. The van der Waals surface area contributed by atoms with Crippen LogP contribution in [0, 0.1) is 5.92 Å². The van der Waals surface area contributed by atoms with Gasteiger partial charge in [-0.1, -0.05) is 37.3 Å². The Morgan fingerprint density at radius 2 is 2.00 bits per heavy atom. The third kappa shape index (κ3) is 3.82. The van der Waals surface area contributed by atoms with E-state index in [0.717, 1.165) is 62.5 Å². The summed E-state index contributed by atoms with van der Waals surface area (Å²) in [5, 5.41) is 7.13. The van der Waals surface area contributed by atoms with Gasteiger partial charge in [0.15, 0.2) is 0 Å². The van der Waals surface area contributed by atoms with Gasteiger partial charge in [-0.25, -0.2) is 4.98 Å². The minimum atomic E-state index is -0.121. The van der Waals surface area contributed by atoms with Gasteiger partial charge in [-0.05, 0) is 50.5 Å². The molecule has 1 saturated carbocycles. The summed E-state index contributed by atoms with van der Waals surface area (Å²) in [5.74, 6) is 2.23. The maximum absolute atomic E-state index is 6.32. The van der Waals surface area contributed by atoms with Crippen LogP contribution in [0.5, 0.6) is 0 Å². The van der Waals surface area contributed by atoms with Gasteiger partial charge < -0.3 is 15.4 Å². The highest BCUT2D eigenvalue weighted by atomic mass is 16.5. The molecule has 34 heavy (non-hydrogen) atoms. The number of aryl methyl sites for hydroxylation is 1. The van der Waals surface area contributed by atoms with Crippen molar-refractivity contribution in [2.24, 2.45) is 5.92 Å². The van der Waals surface area contributed by atoms with E-state index in [4.69, 9.17) is 14.7 Å². The number of rotatable bonds is 7. The summed E-state index contributed by atoms with van der Waals surface area (Å²) >= 11 is 0. The highest BCUT2D eigenvalue weighted by Gasteiger charge is 2.62. The van der Waals surface area contributed by atoms with Gasteiger partial charge in [0, 0.05) is 29.9 Å². The number of nitrogens with zero attached hydrogens (tertiary/aromatic N) is 4. The fourth-order valence-corrected chi connectivity index (χ4v) is 5.97. The number of aromatic nitrogens is 4. The average Bonchev–Trinajstić information content (AvgIpc) is 3.42. The normalized spacial score (nSPS) is 28.0. The fraction of sp³-hybridized carbons (Fsp3) is 0.481. The molecule has 4 heterocycles. The van der Waals surface area contributed by atoms with Gasteiger partial charge in [0.1, 0.15) is 5.82 Å². The van der Waals surface area contributed by atoms with E-state index in [1.54, 1.807) is 18.6 Å². The van der Waals surface area contributed by atoms with E-state index in [9.17, 15) is 0 Å². The van der Waals surface area contributed by atoms with Crippen LogP contribution in [0.3, 0.4) is 0 Å². The maximum Gasteiger partial charge on any atom is 0.224 e. The second-order valence-electron chi connectivity index (χ2n) is 10.5. The molecule has 2 aromatic heterocycles. The van der Waals surface area contributed by atoms with E-state index in [1.165, 1.54) is 11.1 Å². The molecule has 0 radical (unpaired) electrons. The molecule has 2 atom stereocenters. The van der Waals surface area contributed by atoms with Crippen molar-refractivity contribution >= 4 is 11.8 Å². The Bertz CT molecular complexity index is 1160. The molecular formula is C27H32N6O. The van der Waals surface area contributed by atoms with Crippen molar-refractivity contribution in [3.8, 4) is 0 Å². The molecule has 0 amide bonds. The van der Waals surface area contributed by atoms with Gasteiger partial charge in [-0.3, -0.25) is 9.97 Å². The van der Waals surface area contributed by atoms with Crippen LogP contribution in [0.4, 0.5) is 11.8 Å². The lowest BCUT2D eigenvalue weighted by Crippen LogP contribution is -2.51. The molecule has 2 aliphatic heterocycles. The van der Waals surface area contributed by atoms with Crippen LogP contribution in [-0.2, 0) is 23.0 Å². The summed E-state index contributed by atoms with van der Waals surface area (Å²) in [4.78, 5) is 18.5. The molecule has 0 spiro atoms. The molecule has 1 unspecified atom stereocenters. The van der Waals surface area contributed by atoms with Crippen molar-refractivity contribution in [2.45, 2.75) is 63.0 Å². The van der Waals surface area contributed by atoms with E-state index in [-0.39, 0.29) is 17.1 Å². The molecule has 4 aliphatic rings. The first-order valence-electron chi connectivity index (χ1n) is 12.4. The first kappa shape index (κ1) is 21.5. The van der Waals surface area contributed by atoms with E-state index in [2.05, 4.69) is 64.8 Å².